The van der Waals surface area contributed by atoms with Crippen molar-refractivity contribution in [1.82, 2.24) is 9.99 Å². The maximum absolute atomic E-state index is 13.2. The summed E-state index contributed by atoms with van der Waals surface area (Å²) in [7, 11) is 0. The molecule has 4 rings (SSSR count). The van der Waals surface area contributed by atoms with Gasteiger partial charge in [0.25, 0.3) is 5.91 Å². The number of hydrogen-bond donors (Lipinski definition) is 1. The van der Waals surface area contributed by atoms with Crippen LogP contribution in [-0.4, -0.2) is 33.3 Å². The number of nitrogens with zero attached hydrogens (tertiary/aromatic N) is 3. The monoisotopic (exact) mass is 442 g/mol. The number of rotatable bonds is 4. The Hall–Kier alpha value is -4.00. The predicted octanol–water partition coefficient (Wildman–Crippen LogP) is 5.42. The summed E-state index contributed by atoms with van der Waals surface area (Å²) in [6, 6.07) is 20.4. The number of carbonyl (C=O) groups is 2. The minimum absolute atomic E-state index is 0.176. The van der Waals surface area contributed by atoms with Gasteiger partial charge in [-0.15, -0.1) is 0 Å². The van der Waals surface area contributed by atoms with Crippen LogP contribution in [0.25, 0.3) is 0 Å². The Labute approximate surface area is 193 Å². The molecule has 3 aromatic rings. The average Bonchev–Trinajstić information content (AvgIpc) is 3.24. The van der Waals surface area contributed by atoms with Crippen LogP contribution in [0.15, 0.2) is 84.2 Å². The Morgan fingerprint density at radius 3 is 2.27 bits per heavy atom. The van der Waals surface area contributed by atoms with Gasteiger partial charge in [0.05, 0.1) is 11.8 Å². The van der Waals surface area contributed by atoms with Gasteiger partial charge >= 0.3 is 6.09 Å². The minimum atomic E-state index is -0.570. The number of nitrogens with one attached hydrogen (secondary N) is 1. The second-order valence-electron chi connectivity index (χ2n) is 8.77. The summed E-state index contributed by atoms with van der Waals surface area (Å²) in [5.41, 5.74) is 3.29. The van der Waals surface area contributed by atoms with E-state index in [1.165, 1.54) is 0 Å². The van der Waals surface area contributed by atoms with Gasteiger partial charge in [0.2, 0.25) is 0 Å². The summed E-state index contributed by atoms with van der Waals surface area (Å²) in [6.07, 6.45) is 3.27. The fraction of sp³-hybridized carbons (Fsp3) is 0.231. The summed E-state index contributed by atoms with van der Waals surface area (Å²) in [5, 5.41) is 8.98. The van der Waals surface area contributed by atoms with E-state index in [4.69, 9.17) is 9.84 Å². The molecule has 33 heavy (non-hydrogen) atoms. The van der Waals surface area contributed by atoms with Crippen LogP contribution < -0.4 is 5.32 Å². The van der Waals surface area contributed by atoms with Gasteiger partial charge in [0.1, 0.15) is 5.60 Å². The molecule has 7 nitrogen and oxygen atoms in total. The smallest absolute Gasteiger partial charge is 0.412 e. The number of amides is 2. The zero-order valence-corrected chi connectivity index (χ0v) is 18.9. The van der Waals surface area contributed by atoms with Crippen LogP contribution in [-0.2, 0) is 4.74 Å². The second-order valence-corrected chi connectivity index (χ2v) is 8.77. The first-order valence-corrected chi connectivity index (χ1v) is 10.8. The van der Waals surface area contributed by atoms with Crippen molar-refractivity contribution >= 4 is 23.4 Å². The number of hydrogen-bond acceptors (Lipinski definition) is 5. The Morgan fingerprint density at radius 2 is 1.64 bits per heavy atom. The molecule has 1 atom stereocenters. The molecule has 0 bridgehead atoms. The number of carbonyl (C=O) groups excluding carboxylic acids is 2. The minimum Gasteiger partial charge on any atom is -0.444 e. The lowest BCUT2D eigenvalue weighted by molar-refractivity contribution is 0.0635. The fourth-order valence-electron chi connectivity index (χ4n) is 3.60. The van der Waals surface area contributed by atoms with Crippen LogP contribution >= 0.6 is 0 Å². The van der Waals surface area contributed by atoms with Crippen LogP contribution in [0, 0.1) is 0 Å². The Kier molecular flexibility index (Phi) is 6.22. The first-order valence-electron chi connectivity index (χ1n) is 10.8. The molecule has 2 amide bonds. The number of anilines is 1. The molecular weight excluding hydrogens is 416 g/mol. The van der Waals surface area contributed by atoms with Crippen molar-refractivity contribution in [2.75, 3.05) is 5.32 Å². The van der Waals surface area contributed by atoms with Crippen molar-refractivity contribution in [2.45, 2.75) is 38.8 Å². The summed E-state index contributed by atoms with van der Waals surface area (Å²) in [6.45, 7) is 5.45. The van der Waals surface area contributed by atoms with Crippen LogP contribution in [0.4, 0.5) is 10.5 Å². The van der Waals surface area contributed by atoms with Crippen LogP contribution in [0.5, 0.6) is 0 Å². The van der Waals surface area contributed by atoms with Gasteiger partial charge in [-0.1, -0.05) is 42.5 Å². The van der Waals surface area contributed by atoms with E-state index in [0.717, 1.165) is 16.8 Å². The van der Waals surface area contributed by atoms with E-state index in [-0.39, 0.29) is 11.9 Å². The number of pyridine rings is 1. The third kappa shape index (κ3) is 5.44. The highest BCUT2D eigenvalue weighted by Gasteiger charge is 2.33. The Morgan fingerprint density at radius 1 is 0.970 bits per heavy atom. The lowest BCUT2D eigenvalue weighted by Gasteiger charge is -2.22. The topological polar surface area (TPSA) is 83.9 Å². The zero-order chi connectivity index (χ0) is 23.4. The van der Waals surface area contributed by atoms with Crippen molar-refractivity contribution in [3.8, 4) is 0 Å². The van der Waals surface area contributed by atoms with E-state index in [9.17, 15) is 9.59 Å². The maximum Gasteiger partial charge on any atom is 0.412 e. The molecular formula is C26H26N4O3. The quantitative estimate of drug-likeness (QED) is 0.585. The molecule has 2 heterocycles. The molecule has 7 heteroatoms. The van der Waals surface area contributed by atoms with Crippen LogP contribution in [0.1, 0.15) is 54.7 Å². The highest BCUT2D eigenvalue weighted by atomic mass is 16.6. The molecule has 0 radical (unpaired) electrons. The molecule has 1 aromatic heterocycles. The fourth-order valence-corrected chi connectivity index (χ4v) is 3.60. The molecule has 0 aliphatic carbocycles. The molecule has 1 unspecified atom stereocenters. The summed E-state index contributed by atoms with van der Waals surface area (Å²) in [5.74, 6) is -0.176. The van der Waals surface area contributed by atoms with Gasteiger partial charge < -0.3 is 4.74 Å². The molecule has 0 fully saturated rings. The van der Waals surface area contributed by atoms with Crippen molar-refractivity contribution < 1.29 is 14.3 Å². The van der Waals surface area contributed by atoms with Crippen molar-refractivity contribution in [2.24, 2.45) is 5.10 Å². The third-order valence-electron chi connectivity index (χ3n) is 5.09. The molecule has 168 valence electrons. The molecule has 0 saturated heterocycles. The first kappa shape index (κ1) is 22.2. The average molecular weight is 443 g/mol. The van der Waals surface area contributed by atoms with Gasteiger partial charge in [0, 0.05) is 30.1 Å². The lowest BCUT2D eigenvalue weighted by Crippen LogP contribution is -2.27. The highest BCUT2D eigenvalue weighted by Crippen LogP contribution is 2.34. The lowest BCUT2D eigenvalue weighted by atomic mass is 9.98. The van der Waals surface area contributed by atoms with Gasteiger partial charge in [-0.2, -0.15) is 5.10 Å². The number of aromatic nitrogens is 1. The van der Waals surface area contributed by atoms with Crippen LogP contribution in [0.3, 0.4) is 0 Å². The normalized spacial score (nSPS) is 15.7. The Bertz CT molecular complexity index is 1150. The molecule has 0 saturated carbocycles. The standard InChI is InChI=1S/C26H26N4O3/c1-26(2,3)33-25(32)28-21-11-9-18(10-12-21)22-17-23(19-7-5-4-6-8-19)30(29-22)24(31)20-13-15-27-16-14-20/h4-16,23H,17H2,1-3H3,(H,28,32). The highest BCUT2D eigenvalue weighted by molar-refractivity contribution is 6.05. The van der Waals surface area contributed by atoms with Crippen molar-refractivity contribution in [1.29, 1.82) is 0 Å². The van der Waals surface area contributed by atoms with E-state index < -0.39 is 11.7 Å². The van der Waals surface area contributed by atoms with E-state index in [2.05, 4.69) is 10.3 Å². The van der Waals surface area contributed by atoms with E-state index in [0.29, 0.717) is 17.7 Å². The molecule has 1 aliphatic heterocycles. The largest absolute Gasteiger partial charge is 0.444 e. The molecule has 1 aliphatic rings. The summed E-state index contributed by atoms with van der Waals surface area (Å²) < 4.78 is 5.29. The van der Waals surface area contributed by atoms with Crippen LogP contribution in [0.2, 0.25) is 0 Å². The number of benzene rings is 2. The van der Waals surface area contributed by atoms with Gasteiger partial charge in [-0.3, -0.25) is 15.1 Å². The van der Waals surface area contributed by atoms with Crippen molar-refractivity contribution in [3.05, 3.63) is 95.8 Å². The van der Waals surface area contributed by atoms with E-state index >= 15 is 0 Å². The molecule has 2 aromatic carbocycles. The second kappa shape index (κ2) is 9.24. The van der Waals surface area contributed by atoms with E-state index in [1.807, 2.05) is 63.2 Å². The maximum atomic E-state index is 13.2. The third-order valence-corrected chi connectivity index (χ3v) is 5.09. The predicted molar refractivity (Wildman–Crippen MR) is 127 cm³/mol. The van der Waals surface area contributed by atoms with Gasteiger partial charge in [-0.05, 0) is 56.2 Å². The van der Waals surface area contributed by atoms with Crippen molar-refractivity contribution in [3.63, 3.8) is 0 Å². The van der Waals surface area contributed by atoms with E-state index in [1.54, 1.807) is 41.7 Å². The summed E-state index contributed by atoms with van der Waals surface area (Å²) >= 11 is 0. The number of hydrazone groups is 1. The zero-order valence-electron chi connectivity index (χ0n) is 18.9. The molecule has 1 N–H and O–H groups in total. The van der Waals surface area contributed by atoms with Gasteiger partial charge in [-0.25, -0.2) is 9.80 Å². The number of ether oxygens (including phenoxy) is 1. The SMILES string of the molecule is CC(C)(C)OC(=O)Nc1ccc(C2=NN(C(=O)c3ccncc3)C(c3ccccc3)C2)cc1. The molecule has 0 spiro atoms. The Balaban J connectivity index is 1.57. The first-order chi connectivity index (χ1) is 15.8. The van der Waals surface area contributed by atoms with Gasteiger partial charge in [0.15, 0.2) is 0 Å². The summed E-state index contributed by atoms with van der Waals surface area (Å²) in [4.78, 5) is 29.2.